The summed E-state index contributed by atoms with van der Waals surface area (Å²) in [6.07, 6.45) is 5.32. The number of nitrogens with zero attached hydrogens (tertiary/aromatic N) is 2. The van der Waals surface area contributed by atoms with Crippen LogP contribution in [0.1, 0.15) is 49.3 Å². The van der Waals surface area contributed by atoms with Crippen LogP contribution in [-0.4, -0.2) is 9.78 Å². The molecule has 21 heavy (non-hydrogen) atoms. The standard InChI is InChI=1S/C17H22F2N2/c1-4-5-6-7-13-9-15(14-10-20-21(3)11-14)16(17(18)19)8-12(13)2/h8-11,17H,4-7H2,1-3H3. The summed E-state index contributed by atoms with van der Waals surface area (Å²) in [6.45, 7) is 4.08. The predicted molar refractivity (Wildman–Crippen MR) is 81.6 cm³/mol. The molecule has 0 spiro atoms. The molecule has 1 aromatic heterocycles. The Labute approximate surface area is 124 Å². The topological polar surface area (TPSA) is 17.8 Å². The third-order valence-electron chi connectivity index (χ3n) is 3.81. The molecule has 0 amide bonds. The Morgan fingerprint density at radius 1 is 1.24 bits per heavy atom. The van der Waals surface area contributed by atoms with Gasteiger partial charge >= 0.3 is 0 Å². The summed E-state index contributed by atoms with van der Waals surface area (Å²) in [5.74, 6) is 0. The molecular formula is C17H22F2N2. The van der Waals surface area contributed by atoms with Crippen LogP contribution >= 0.6 is 0 Å². The summed E-state index contributed by atoms with van der Waals surface area (Å²) in [7, 11) is 1.79. The van der Waals surface area contributed by atoms with Gasteiger partial charge in [0.1, 0.15) is 0 Å². The third-order valence-corrected chi connectivity index (χ3v) is 3.81. The summed E-state index contributed by atoms with van der Waals surface area (Å²) in [5.41, 5.74) is 3.57. The smallest absolute Gasteiger partial charge is 0.264 e. The van der Waals surface area contributed by atoms with Crippen molar-refractivity contribution in [1.82, 2.24) is 9.78 Å². The number of aromatic nitrogens is 2. The van der Waals surface area contributed by atoms with Gasteiger partial charge in [0, 0.05) is 24.4 Å². The molecule has 0 unspecified atom stereocenters. The molecule has 0 saturated heterocycles. The summed E-state index contributed by atoms with van der Waals surface area (Å²) in [6, 6.07) is 3.55. The van der Waals surface area contributed by atoms with Crippen molar-refractivity contribution in [3.05, 3.63) is 41.2 Å². The second-order valence-electron chi connectivity index (χ2n) is 5.53. The van der Waals surface area contributed by atoms with Crippen LogP contribution in [0.5, 0.6) is 0 Å². The van der Waals surface area contributed by atoms with Crippen LogP contribution in [0, 0.1) is 6.92 Å². The molecule has 2 aromatic rings. The minimum absolute atomic E-state index is 0.0970. The fourth-order valence-electron chi connectivity index (χ4n) is 2.60. The van der Waals surface area contributed by atoms with Crippen LogP contribution in [-0.2, 0) is 13.5 Å². The van der Waals surface area contributed by atoms with Gasteiger partial charge in [0.25, 0.3) is 6.43 Å². The molecule has 0 aliphatic heterocycles. The van der Waals surface area contributed by atoms with Crippen LogP contribution in [0.3, 0.4) is 0 Å². The van der Waals surface area contributed by atoms with Crippen molar-refractivity contribution in [1.29, 1.82) is 0 Å². The molecule has 1 heterocycles. The van der Waals surface area contributed by atoms with Crippen LogP contribution in [0.25, 0.3) is 11.1 Å². The fourth-order valence-corrected chi connectivity index (χ4v) is 2.60. The van der Waals surface area contributed by atoms with Crippen molar-refractivity contribution in [3.63, 3.8) is 0 Å². The highest BCUT2D eigenvalue weighted by Crippen LogP contribution is 2.33. The van der Waals surface area contributed by atoms with Crippen molar-refractivity contribution in [2.75, 3.05) is 0 Å². The Bertz CT molecular complexity index is 603. The van der Waals surface area contributed by atoms with Gasteiger partial charge in [-0.3, -0.25) is 4.68 Å². The zero-order valence-corrected chi connectivity index (χ0v) is 12.9. The lowest BCUT2D eigenvalue weighted by atomic mass is 9.93. The Morgan fingerprint density at radius 2 is 2.00 bits per heavy atom. The van der Waals surface area contributed by atoms with Gasteiger partial charge in [0.15, 0.2) is 0 Å². The number of unbranched alkanes of at least 4 members (excludes halogenated alkanes) is 2. The maximum absolute atomic E-state index is 13.3. The SMILES string of the molecule is CCCCCc1cc(-c2cnn(C)c2)c(C(F)F)cc1C. The highest BCUT2D eigenvalue weighted by Gasteiger charge is 2.17. The number of benzene rings is 1. The lowest BCUT2D eigenvalue weighted by Crippen LogP contribution is -1.97. The average molecular weight is 292 g/mol. The van der Waals surface area contributed by atoms with E-state index in [0.717, 1.165) is 42.4 Å². The van der Waals surface area contributed by atoms with E-state index < -0.39 is 6.43 Å². The van der Waals surface area contributed by atoms with Gasteiger partial charge in [0.05, 0.1) is 6.20 Å². The minimum Gasteiger partial charge on any atom is -0.275 e. The monoisotopic (exact) mass is 292 g/mol. The van der Waals surface area contributed by atoms with Gasteiger partial charge < -0.3 is 0 Å². The molecule has 4 heteroatoms. The maximum atomic E-state index is 13.3. The van der Waals surface area contributed by atoms with E-state index in [1.54, 1.807) is 30.2 Å². The third kappa shape index (κ3) is 3.69. The molecule has 0 aliphatic carbocycles. The molecule has 0 radical (unpaired) electrons. The van der Waals surface area contributed by atoms with E-state index >= 15 is 0 Å². The van der Waals surface area contributed by atoms with Crippen molar-refractivity contribution in [3.8, 4) is 11.1 Å². The first-order valence-electron chi connectivity index (χ1n) is 7.43. The van der Waals surface area contributed by atoms with Gasteiger partial charge in [-0.25, -0.2) is 8.78 Å². The maximum Gasteiger partial charge on any atom is 0.264 e. The van der Waals surface area contributed by atoms with E-state index in [0.29, 0.717) is 5.56 Å². The van der Waals surface area contributed by atoms with Crippen molar-refractivity contribution < 1.29 is 8.78 Å². The normalized spacial score (nSPS) is 11.3. The van der Waals surface area contributed by atoms with Gasteiger partial charge in [-0.2, -0.15) is 5.10 Å². The number of alkyl halides is 2. The second-order valence-corrected chi connectivity index (χ2v) is 5.53. The number of rotatable bonds is 6. The molecule has 0 aliphatic rings. The van der Waals surface area contributed by atoms with E-state index in [2.05, 4.69) is 12.0 Å². The molecule has 114 valence electrons. The molecule has 0 fully saturated rings. The van der Waals surface area contributed by atoms with E-state index in [1.165, 1.54) is 0 Å². The average Bonchev–Trinajstić information content (AvgIpc) is 2.86. The summed E-state index contributed by atoms with van der Waals surface area (Å²) in [5, 5.41) is 4.09. The highest BCUT2D eigenvalue weighted by molar-refractivity contribution is 5.68. The van der Waals surface area contributed by atoms with E-state index in [-0.39, 0.29) is 5.56 Å². The van der Waals surface area contributed by atoms with E-state index in [4.69, 9.17) is 0 Å². The van der Waals surface area contributed by atoms with Gasteiger partial charge in [-0.15, -0.1) is 0 Å². The zero-order valence-electron chi connectivity index (χ0n) is 12.9. The Morgan fingerprint density at radius 3 is 2.57 bits per heavy atom. The quantitative estimate of drug-likeness (QED) is 0.680. The van der Waals surface area contributed by atoms with Crippen LogP contribution < -0.4 is 0 Å². The zero-order chi connectivity index (χ0) is 15.4. The lowest BCUT2D eigenvalue weighted by Gasteiger charge is -2.13. The van der Waals surface area contributed by atoms with Crippen molar-refractivity contribution >= 4 is 0 Å². The summed E-state index contributed by atoms with van der Waals surface area (Å²) >= 11 is 0. The van der Waals surface area contributed by atoms with Gasteiger partial charge in [-0.05, 0) is 42.5 Å². The lowest BCUT2D eigenvalue weighted by molar-refractivity contribution is 0.152. The molecule has 0 bridgehead atoms. The Kier molecular flexibility index (Phi) is 5.10. The first-order chi connectivity index (χ1) is 10.0. The number of aryl methyl sites for hydroxylation is 3. The van der Waals surface area contributed by atoms with E-state index in [1.807, 2.05) is 13.0 Å². The molecule has 2 nitrogen and oxygen atoms in total. The Hall–Kier alpha value is -1.71. The van der Waals surface area contributed by atoms with Crippen molar-refractivity contribution in [2.24, 2.45) is 7.05 Å². The van der Waals surface area contributed by atoms with Gasteiger partial charge in [0.2, 0.25) is 0 Å². The van der Waals surface area contributed by atoms with Crippen LogP contribution in [0.2, 0.25) is 0 Å². The van der Waals surface area contributed by atoms with Crippen molar-refractivity contribution in [2.45, 2.75) is 46.0 Å². The number of hydrogen-bond acceptors (Lipinski definition) is 1. The molecule has 1 aromatic carbocycles. The van der Waals surface area contributed by atoms with Crippen LogP contribution in [0.4, 0.5) is 8.78 Å². The molecule has 0 atom stereocenters. The largest absolute Gasteiger partial charge is 0.275 e. The molecule has 0 saturated carbocycles. The predicted octanol–water partition coefficient (Wildman–Crippen LogP) is 5.07. The Balaban J connectivity index is 2.42. The first kappa shape index (κ1) is 15.7. The minimum atomic E-state index is -2.47. The summed E-state index contributed by atoms with van der Waals surface area (Å²) in [4.78, 5) is 0. The molecule has 2 rings (SSSR count). The molecular weight excluding hydrogens is 270 g/mol. The highest BCUT2D eigenvalue weighted by atomic mass is 19.3. The van der Waals surface area contributed by atoms with Crippen LogP contribution in [0.15, 0.2) is 24.5 Å². The second kappa shape index (κ2) is 6.83. The fraction of sp³-hybridized carbons (Fsp3) is 0.471. The van der Waals surface area contributed by atoms with E-state index in [9.17, 15) is 8.78 Å². The number of halogens is 2. The first-order valence-corrected chi connectivity index (χ1v) is 7.43. The number of hydrogen-bond donors (Lipinski definition) is 0. The van der Waals surface area contributed by atoms with Gasteiger partial charge in [-0.1, -0.05) is 25.8 Å². The molecule has 0 N–H and O–H groups in total. The summed E-state index contributed by atoms with van der Waals surface area (Å²) < 4.78 is 28.3.